The van der Waals surface area contributed by atoms with Gasteiger partial charge in [0.15, 0.2) is 0 Å². The number of benzene rings is 1. The molecule has 1 fully saturated rings. The molecule has 1 saturated heterocycles. The number of fused-ring (bicyclic) bond motifs is 1. The minimum absolute atomic E-state index is 0.152. The van der Waals surface area contributed by atoms with E-state index >= 15 is 0 Å². The number of aliphatic carboxylic acids is 1. The minimum Gasteiger partial charge on any atom is -0.479 e. The van der Waals surface area contributed by atoms with Crippen LogP contribution >= 0.6 is 0 Å². The van der Waals surface area contributed by atoms with E-state index in [0.717, 1.165) is 15.3 Å². The van der Waals surface area contributed by atoms with Crippen molar-refractivity contribution in [1.82, 2.24) is 18.2 Å². The van der Waals surface area contributed by atoms with Crippen LogP contribution in [0.1, 0.15) is 12.8 Å². The molecule has 1 N–H and O–H groups in total. The molecule has 130 valence electrons. The number of rotatable bonds is 4. The SMILES string of the molecule is CN(C)S(=O)(=O)N1CCC(C(=O)O)(n2cnc3ccccc32)CC1. The molecule has 1 aromatic heterocycles. The normalized spacial score (nSPS) is 19.0. The molecule has 0 saturated carbocycles. The van der Waals surface area contributed by atoms with Crippen LogP contribution in [0.2, 0.25) is 0 Å². The fourth-order valence-corrected chi connectivity index (χ4v) is 4.28. The molecule has 2 aromatic rings. The third kappa shape index (κ3) is 2.48. The molecule has 0 aliphatic carbocycles. The number of aromatic nitrogens is 2. The maximum absolute atomic E-state index is 12.3. The van der Waals surface area contributed by atoms with Crippen LogP contribution in [0.3, 0.4) is 0 Å². The molecule has 0 unspecified atom stereocenters. The van der Waals surface area contributed by atoms with E-state index in [0.29, 0.717) is 0 Å². The summed E-state index contributed by atoms with van der Waals surface area (Å²) in [5.41, 5.74) is 0.277. The Balaban J connectivity index is 1.97. The molecule has 9 heteroatoms. The molecule has 0 bridgehead atoms. The van der Waals surface area contributed by atoms with Gasteiger partial charge in [0.25, 0.3) is 10.2 Å². The molecule has 1 aliphatic rings. The molecule has 2 heterocycles. The summed E-state index contributed by atoms with van der Waals surface area (Å²) in [6.07, 6.45) is 1.92. The zero-order valence-electron chi connectivity index (χ0n) is 13.6. The lowest BCUT2D eigenvalue weighted by atomic mass is 9.88. The lowest BCUT2D eigenvalue weighted by Crippen LogP contribution is -2.53. The molecule has 3 rings (SSSR count). The Kier molecular flexibility index (Phi) is 4.10. The monoisotopic (exact) mass is 352 g/mol. The Morgan fingerprint density at radius 3 is 2.46 bits per heavy atom. The van der Waals surface area contributed by atoms with E-state index in [1.807, 2.05) is 24.3 Å². The number of carboxylic acids is 1. The first-order valence-electron chi connectivity index (χ1n) is 7.62. The van der Waals surface area contributed by atoms with Gasteiger partial charge in [-0.05, 0) is 25.0 Å². The molecule has 0 spiro atoms. The summed E-state index contributed by atoms with van der Waals surface area (Å²) in [4.78, 5) is 16.4. The summed E-state index contributed by atoms with van der Waals surface area (Å²) in [5.74, 6) is -0.965. The van der Waals surface area contributed by atoms with Gasteiger partial charge in [0.1, 0.15) is 5.54 Å². The molecule has 0 atom stereocenters. The summed E-state index contributed by atoms with van der Waals surface area (Å²) in [7, 11) is -0.598. The van der Waals surface area contributed by atoms with Crippen molar-refractivity contribution in [1.29, 1.82) is 0 Å². The number of hydrogen-bond acceptors (Lipinski definition) is 4. The van der Waals surface area contributed by atoms with E-state index in [9.17, 15) is 18.3 Å². The Morgan fingerprint density at radius 1 is 1.25 bits per heavy atom. The van der Waals surface area contributed by atoms with Gasteiger partial charge >= 0.3 is 5.97 Å². The maximum atomic E-state index is 12.3. The zero-order chi connectivity index (χ0) is 17.5. The van der Waals surface area contributed by atoms with Gasteiger partial charge in [-0.3, -0.25) is 0 Å². The molecular formula is C15H20N4O4S. The van der Waals surface area contributed by atoms with Crippen LogP contribution in [0.5, 0.6) is 0 Å². The van der Waals surface area contributed by atoms with Crippen molar-refractivity contribution in [2.75, 3.05) is 27.2 Å². The van der Waals surface area contributed by atoms with E-state index in [1.165, 1.54) is 24.7 Å². The quantitative estimate of drug-likeness (QED) is 0.875. The fourth-order valence-electron chi connectivity index (χ4n) is 3.18. The van der Waals surface area contributed by atoms with Gasteiger partial charge in [-0.2, -0.15) is 17.0 Å². The molecule has 1 aromatic carbocycles. The second-order valence-electron chi connectivity index (χ2n) is 6.13. The first-order valence-corrected chi connectivity index (χ1v) is 9.02. The fraction of sp³-hybridized carbons (Fsp3) is 0.467. The summed E-state index contributed by atoms with van der Waals surface area (Å²) in [6.45, 7) is 0.304. The van der Waals surface area contributed by atoms with Crippen molar-refractivity contribution in [3.05, 3.63) is 30.6 Å². The van der Waals surface area contributed by atoms with Crippen LogP contribution in [-0.2, 0) is 20.5 Å². The Labute approximate surface area is 140 Å². The minimum atomic E-state index is -3.54. The summed E-state index contributed by atoms with van der Waals surface area (Å²) in [5, 5.41) is 9.89. The highest BCUT2D eigenvalue weighted by atomic mass is 32.2. The molecule has 1 aliphatic heterocycles. The first-order chi connectivity index (χ1) is 11.3. The first kappa shape index (κ1) is 16.9. The van der Waals surface area contributed by atoms with Crippen LogP contribution < -0.4 is 0 Å². The highest BCUT2D eigenvalue weighted by molar-refractivity contribution is 7.86. The number of nitrogens with zero attached hydrogens (tertiary/aromatic N) is 4. The van der Waals surface area contributed by atoms with Crippen molar-refractivity contribution in [2.45, 2.75) is 18.4 Å². The number of carbonyl (C=O) groups is 1. The van der Waals surface area contributed by atoms with E-state index in [1.54, 1.807) is 4.57 Å². The molecule has 0 amide bonds. The Hall–Kier alpha value is -1.97. The third-order valence-electron chi connectivity index (χ3n) is 4.65. The van der Waals surface area contributed by atoms with Crippen LogP contribution in [0.25, 0.3) is 11.0 Å². The average molecular weight is 352 g/mol. The summed E-state index contributed by atoms with van der Waals surface area (Å²) >= 11 is 0. The van der Waals surface area contributed by atoms with Crippen LogP contribution in [0, 0.1) is 0 Å². The van der Waals surface area contributed by atoms with Gasteiger partial charge in [-0.15, -0.1) is 0 Å². The lowest BCUT2D eigenvalue weighted by molar-refractivity contribution is -0.149. The summed E-state index contributed by atoms with van der Waals surface area (Å²) in [6, 6.07) is 7.34. The second-order valence-corrected chi connectivity index (χ2v) is 8.27. The number of imidazole rings is 1. The van der Waals surface area contributed by atoms with Crippen molar-refractivity contribution in [2.24, 2.45) is 0 Å². The standard InChI is InChI=1S/C15H20N4O4S/c1-17(2)24(22,23)18-9-7-15(8-10-18,14(20)21)19-11-16-12-5-3-4-6-13(12)19/h3-6,11H,7-10H2,1-2H3,(H,20,21). The van der Waals surface area contributed by atoms with Crippen molar-refractivity contribution < 1.29 is 18.3 Å². The second kappa shape index (κ2) is 5.83. The van der Waals surface area contributed by atoms with Crippen LogP contribution in [-0.4, -0.2) is 64.8 Å². The molecule has 8 nitrogen and oxygen atoms in total. The molecular weight excluding hydrogens is 332 g/mol. The zero-order valence-corrected chi connectivity index (χ0v) is 14.4. The van der Waals surface area contributed by atoms with Gasteiger partial charge in [-0.25, -0.2) is 9.78 Å². The number of hydrogen-bond donors (Lipinski definition) is 1. The maximum Gasteiger partial charge on any atom is 0.330 e. The predicted octanol–water partition coefficient (Wildman–Crippen LogP) is 0.718. The Morgan fingerprint density at radius 2 is 1.88 bits per heavy atom. The highest BCUT2D eigenvalue weighted by Gasteiger charge is 2.46. The smallest absolute Gasteiger partial charge is 0.330 e. The molecule has 0 radical (unpaired) electrons. The Bertz CT molecular complexity index is 866. The van der Waals surface area contributed by atoms with Crippen molar-refractivity contribution >= 4 is 27.2 Å². The van der Waals surface area contributed by atoms with E-state index in [4.69, 9.17) is 0 Å². The van der Waals surface area contributed by atoms with Gasteiger partial charge in [0.05, 0.1) is 17.4 Å². The lowest BCUT2D eigenvalue weighted by Gasteiger charge is -2.39. The van der Waals surface area contributed by atoms with E-state index in [-0.39, 0.29) is 25.9 Å². The molecule has 24 heavy (non-hydrogen) atoms. The predicted molar refractivity (Wildman–Crippen MR) is 88.8 cm³/mol. The van der Waals surface area contributed by atoms with Crippen molar-refractivity contribution in [3.8, 4) is 0 Å². The topological polar surface area (TPSA) is 95.7 Å². The van der Waals surface area contributed by atoms with Gasteiger partial charge in [-0.1, -0.05) is 12.1 Å². The number of piperidine rings is 1. The van der Waals surface area contributed by atoms with Crippen LogP contribution in [0.4, 0.5) is 0 Å². The van der Waals surface area contributed by atoms with Crippen LogP contribution in [0.15, 0.2) is 30.6 Å². The van der Waals surface area contributed by atoms with E-state index < -0.39 is 21.7 Å². The average Bonchev–Trinajstić information content (AvgIpc) is 2.99. The van der Waals surface area contributed by atoms with Gasteiger partial charge < -0.3 is 9.67 Å². The van der Waals surface area contributed by atoms with Gasteiger partial charge in [0, 0.05) is 27.2 Å². The van der Waals surface area contributed by atoms with Gasteiger partial charge in [0.2, 0.25) is 0 Å². The number of carboxylic acid groups (broad SMARTS) is 1. The highest BCUT2D eigenvalue weighted by Crippen LogP contribution is 2.34. The third-order valence-corrected chi connectivity index (χ3v) is 6.59. The van der Waals surface area contributed by atoms with E-state index in [2.05, 4.69) is 4.98 Å². The largest absolute Gasteiger partial charge is 0.479 e. The summed E-state index contributed by atoms with van der Waals surface area (Å²) < 4.78 is 28.6. The van der Waals surface area contributed by atoms with Crippen molar-refractivity contribution in [3.63, 3.8) is 0 Å². The number of para-hydroxylation sites is 2.